The summed E-state index contributed by atoms with van der Waals surface area (Å²) in [7, 11) is 0. The Kier molecular flexibility index (Phi) is 7.34. The van der Waals surface area contributed by atoms with Crippen LogP contribution in [0.3, 0.4) is 0 Å². The maximum absolute atomic E-state index is 5.81. The van der Waals surface area contributed by atoms with Gasteiger partial charge < -0.3 is 14.8 Å². The Balaban J connectivity index is 2.67. The van der Waals surface area contributed by atoms with Crippen LogP contribution in [0, 0.1) is 5.92 Å². The van der Waals surface area contributed by atoms with Gasteiger partial charge in [0.2, 0.25) is 0 Å². The SMILES string of the molecule is CCNCc1ccc(OCCC(C)C)c(OCC)c1. The largest absolute Gasteiger partial charge is 0.490 e. The van der Waals surface area contributed by atoms with Crippen LogP contribution < -0.4 is 14.8 Å². The predicted octanol–water partition coefficient (Wildman–Crippen LogP) is 3.62. The first kappa shape index (κ1) is 15.8. The molecule has 0 aliphatic heterocycles. The number of ether oxygens (including phenoxy) is 2. The number of rotatable bonds is 9. The quantitative estimate of drug-likeness (QED) is 0.739. The molecule has 1 rings (SSSR count). The van der Waals surface area contributed by atoms with E-state index in [0.717, 1.165) is 37.6 Å². The fraction of sp³-hybridized carbons (Fsp3) is 0.625. The topological polar surface area (TPSA) is 30.5 Å². The van der Waals surface area contributed by atoms with Crippen LogP contribution in [0.15, 0.2) is 18.2 Å². The molecule has 0 atom stereocenters. The lowest BCUT2D eigenvalue weighted by Gasteiger charge is -2.14. The van der Waals surface area contributed by atoms with Gasteiger partial charge in [0.05, 0.1) is 13.2 Å². The molecule has 0 unspecified atom stereocenters. The molecule has 0 aliphatic rings. The molecule has 1 aromatic rings. The Hall–Kier alpha value is -1.22. The summed E-state index contributed by atoms with van der Waals surface area (Å²) < 4.78 is 11.5. The molecule has 3 nitrogen and oxygen atoms in total. The number of benzene rings is 1. The molecule has 1 N–H and O–H groups in total. The highest BCUT2D eigenvalue weighted by Gasteiger charge is 2.07. The minimum atomic E-state index is 0.656. The second kappa shape index (κ2) is 8.81. The Morgan fingerprint density at radius 2 is 1.89 bits per heavy atom. The van der Waals surface area contributed by atoms with Crippen molar-refractivity contribution in [2.45, 2.75) is 40.7 Å². The first-order valence-corrected chi connectivity index (χ1v) is 7.26. The van der Waals surface area contributed by atoms with Crippen molar-refractivity contribution in [3.63, 3.8) is 0 Å². The normalized spacial score (nSPS) is 10.8. The molecule has 0 bridgehead atoms. The Morgan fingerprint density at radius 1 is 1.11 bits per heavy atom. The second-order valence-corrected chi connectivity index (χ2v) is 5.03. The average Bonchev–Trinajstić information content (AvgIpc) is 2.38. The van der Waals surface area contributed by atoms with Gasteiger partial charge in [-0.1, -0.05) is 26.8 Å². The summed E-state index contributed by atoms with van der Waals surface area (Å²) >= 11 is 0. The van der Waals surface area contributed by atoms with Gasteiger partial charge in [0.1, 0.15) is 0 Å². The van der Waals surface area contributed by atoms with Crippen LogP contribution in [0.2, 0.25) is 0 Å². The maximum atomic E-state index is 5.81. The summed E-state index contributed by atoms with van der Waals surface area (Å²) in [5.41, 5.74) is 1.22. The maximum Gasteiger partial charge on any atom is 0.161 e. The predicted molar refractivity (Wildman–Crippen MR) is 79.9 cm³/mol. The molecule has 19 heavy (non-hydrogen) atoms. The molecule has 3 heteroatoms. The molecule has 0 saturated heterocycles. The van der Waals surface area contributed by atoms with Gasteiger partial charge in [-0.05, 0) is 43.5 Å². The minimum absolute atomic E-state index is 0.656. The zero-order valence-electron chi connectivity index (χ0n) is 12.7. The first-order chi connectivity index (χ1) is 9.17. The molecule has 0 radical (unpaired) electrons. The van der Waals surface area contributed by atoms with Crippen molar-refractivity contribution in [2.75, 3.05) is 19.8 Å². The van der Waals surface area contributed by atoms with Gasteiger partial charge in [0.25, 0.3) is 0 Å². The number of hydrogen-bond donors (Lipinski definition) is 1. The third-order valence-electron chi connectivity index (χ3n) is 2.84. The third-order valence-corrected chi connectivity index (χ3v) is 2.84. The van der Waals surface area contributed by atoms with Crippen molar-refractivity contribution in [1.29, 1.82) is 0 Å². The number of nitrogens with one attached hydrogen (secondary N) is 1. The van der Waals surface area contributed by atoms with E-state index in [1.807, 2.05) is 13.0 Å². The highest BCUT2D eigenvalue weighted by molar-refractivity contribution is 5.43. The lowest BCUT2D eigenvalue weighted by molar-refractivity contribution is 0.261. The van der Waals surface area contributed by atoms with Crippen LogP contribution in [-0.4, -0.2) is 19.8 Å². The standard InChI is InChI=1S/C16H27NO2/c1-5-17-12-14-7-8-15(16(11-14)18-6-2)19-10-9-13(3)4/h7-8,11,13,17H,5-6,9-10,12H2,1-4H3. The van der Waals surface area contributed by atoms with Gasteiger partial charge in [-0.3, -0.25) is 0 Å². The van der Waals surface area contributed by atoms with Crippen LogP contribution in [0.4, 0.5) is 0 Å². The van der Waals surface area contributed by atoms with Crippen LogP contribution >= 0.6 is 0 Å². The van der Waals surface area contributed by atoms with Gasteiger partial charge in [-0.2, -0.15) is 0 Å². The van der Waals surface area contributed by atoms with Crippen LogP contribution in [0.5, 0.6) is 11.5 Å². The van der Waals surface area contributed by atoms with E-state index in [4.69, 9.17) is 9.47 Å². The fourth-order valence-corrected chi connectivity index (χ4v) is 1.72. The van der Waals surface area contributed by atoms with E-state index in [9.17, 15) is 0 Å². The summed E-state index contributed by atoms with van der Waals surface area (Å²) in [5, 5.41) is 3.32. The van der Waals surface area contributed by atoms with Crippen molar-refractivity contribution in [1.82, 2.24) is 5.32 Å². The molecule has 0 spiro atoms. The Labute approximate surface area is 117 Å². The van der Waals surface area contributed by atoms with E-state index in [1.54, 1.807) is 0 Å². The van der Waals surface area contributed by atoms with E-state index in [0.29, 0.717) is 12.5 Å². The molecular formula is C16H27NO2. The van der Waals surface area contributed by atoms with E-state index < -0.39 is 0 Å². The zero-order chi connectivity index (χ0) is 14.1. The molecule has 0 fully saturated rings. The molecule has 108 valence electrons. The smallest absolute Gasteiger partial charge is 0.161 e. The van der Waals surface area contributed by atoms with Crippen LogP contribution in [0.25, 0.3) is 0 Å². The van der Waals surface area contributed by atoms with E-state index in [1.165, 1.54) is 5.56 Å². The molecule has 0 aromatic heterocycles. The fourth-order valence-electron chi connectivity index (χ4n) is 1.72. The summed E-state index contributed by atoms with van der Waals surface area (Å²) in [6.07, 6.45) is 1.06. The minimum Gasteiger partial charge on any atom is -0.490 e. The number of hydrogen-bond acceptors (Lipinski definition) is 3. The summed E-state index contributed by atoms with van der Waals surface area (Å²) in [6, 6.07) is 6.17. The Bertz CT molecular complexity index is 364. The van der Waals surface area contributed by atoms with Crippen molar-refractivity contribution in [3.05, 3.63) is 23.8 Å². The highest BCUT2D eigenvalue weighted by atomic mass is 16.5. The molecular weight excluding hydrogens is 238 g/mol. The van der Waals surface area contributed by atoms with Crippen LogP contribution in [-0.2, 0) is 6.54 Å². The molecule has 1 aromatic carbocycles. The van der Waals surface area contributed by atoms with E-state index >= 15 is 0 Å². The van der Waals surface area contributed by atoms with E-state index in [-0.39, 0.29) is 0 Å². The zero-order valence-corrected chi connectivity index (χ0v) is 12.7. The summed E-state index contributed by atoms with van der Waals surface area (Å²) in [5.74, 6) is 2.35. The molecule has 0 heterocycles. The van der Waals surface area contributed by atoms with Gasteiger partial charge in [-0.25, -0.2) is 0 Å². The van der Waals surface area contributed by atoms with Gasteiger partial charge >= 0.3 is 0 Å². The monoisotopic (exact) mass is 265 g/mol. The third kappa shape index (κ3) is 5.97. The molecule has 0 aliphatic carbocycles. The lowest BCUT2D eigenvalue weighted by atomic mass is 10.1. The van der Waals surface area contributed by atoms with Crippen molar-refractivity contribution >= 4 is 0 Å². The van der Waals surface area contributed by atoms with Crippen molar-refractivity contribution < 1.29 is 9.47 Å². The highest BCUT2D eigenvalue weighted by Crippen LogP contribution is 2.28. The van der Waals surface area contributed by atoms with Gasteiger partial charge in [0, 0.05) is 6.54 Å². The molecule has 0 amide bonds. The first-order valence-electron chi connectivity index (χ1n) is 7.26. The summed E-state index contributed by atoms with van der Waals surface area (Å²) in [4.78, 5) is 0. The van der Waals surface area contributed by atoms with Gasteiger partial charge in [-0.15, -0.1) is 0 Å². The molecule has 0 saturated carbocycles. The average molecular weight is 265 g/mol. The second-order valence-electron chi connectivity index (χ2n) is 5.03. The lowest BCUT2D eigenvalue weighted by Crippen LogP contribution is -2.12. The van der Waals surface area contributed by atoms with Crippen molar-refractivity contribution in [3.8, 4) is 11.5 Å². The Morgan fingerprint density at radius 3 is 2.53 bits per heavy atom. The summed E-state index contributed by atoms with van der Waals surface area (Å²) in [6.45, 7) is 11.7. The van der Waals surface area contributed by atoms with Gasteiger partial charge in [0.15, 0.2) is 11.5 Å². The van der Waals surface area contributed by atoms with Crippen LogP contribution in [0.1, 0.15) is 39.7 Å². The van der Waals surface area contributed by atoms with E-state index in [2.05, 4.69) is 38.2 Å². The van der Waals surface area contributed by atoms with Crippen molar-refractivity contribution in [2.24, 2.45) is 5.92 Å².